The summed E-state index contributed by atoms with van der Waals surface area (Å²) < 4.78 is 0. The number of carbonyl (C=O) groups excluding carboxylic acids is 1. The number of urea groups is 1. The van der Waals surface area contributed by atoms with Gasteiger partial charge in [-0.3, -0.25) is 0 Å². The van der Waals surface area contributed by atoms with Crippen molar-refractivity contribution in [3.8, 4) is 0 Å². The zero-order chi connectivity index (χ0) is 26.0. The summed E-state index contributed by atoms with van der Waals surface area (Å²) in [6, 6.07) is 47.4. The molecule has 0 bridgehead atoms. The van der Waals surface area contributed by atoms with E-state index in [0.29, 0.717) is 13.1 Å². The zero-order valence-corrected chi connectivity index (χ0v) is 21.5. The summed E-state index contributed by atoms with van der Waals surface area (Å²) >= 11 is 0. The molecule has 0 saturated heterocycles. The molecule has 0 saturated carbocycles. The quantitative estimate of drug-likeness (QED) is 0.220. The van der Waals surface area contributed by atoms with Gasteiger partial charge in [-0.2, -0.15) is 0 Å². The maximum absolute atomic E-state index is 13.8. The lowest BCUT2D eigenvalue weighted by Crippen LogP contribution is -2.34. The maximum atomic E-state index is 13.8. The number of hydrogen-bond acceptors (Lipinski definition) is 1. The largest absolute Gasteiger partial charge is 0.322 e. The number of carbonyl (C=O) groups is 1. The number of nitrogens with zero attached hydrogens (tertiary/aromatic N) is 1. The van der Waals surface area contributed by atoms with E-state index in [0.717, 1.165) is 35.2 Å². The van der Waals surface area contributed by atoms with Gasteiger partial charge in [0.2, 0.25) is 0 Å². The second-order valence-corrected chi connectivity index (χ2v) is 9.53. The number of amides is 2. The summed E-state index contributed by atoms with van der Waals surface area (Å²) in [5.74, 6) is 0. The molecule has 0 fully saturated rings. The molecule has 5 aromatic carbocycles. The number of anilines is 1. The number of benzene rings is 5. The van der Waals surface area contributed by atoms with Gasteiger partial charge in [-0.05, 0) is 52.3 Å². The molecular weight excluding hydrogens is 464 g/mol. The van der Waals surface area contributed by atoms with Crippen LogP contribution in [0.1, 0.15) is 33.4 Å². The molecule has 0 aliphatic heterocycles. The Kier molecular flexibility index (Phi) is 8.27. The first-order valence-electron chi connectivity index (χ1n) is 13.1. The van der Waals surface area contributed by atoms with Crippen molar-refractivity contribution in [1.29, 1.82) is 0 Å². The van der Waals surface area contributed by atoms with E-state index in [4.69, 9.17) is 0 Å². The van der Waals surface area contributed by atoms with E-state index in [-0.39, 0.29) is 6.03 Å². The highest BCUT2D eigenvalue weighted by Gasteiger charge is 2.18. The third kappa shape index (κ3) is 6.77. The first-order valence-corrected chi connectivity index (χ1v) is 13.1. The topological polar surface area (TPSA) is 32.3 Å². The third-order valence-corrected chi connectivity index (χ3v) is 6.70. The predicted octanol–water partition coefficient (Wildman–Crippen LogP) is 8.10. The predicted molar refractivity (Wildman–Crippen MR) is 156 cm³/mol. The Labute approximate surface area is 225 Å². The van der Waals surface area contributed by atoms with Crippen LogP contribution in [-0.2, 0) is 25.9 Å². The fourth-order valence-corrected chi connectivity index (χ4v) is 4.74. The van der Waals surface area contributed by atoms with Gasteiger partial charge in [0.15, 0.2) is 0 Å². The lowest BCUT2D eigenvalue weighted by Gasteiger charge is -2.25. The molecule has 3 nitrogen and oxygen atoms in total. The molecule has 0 aliphatic carbocycles. The van der Waals surface area contributed by atoms with E-state index in [9.17, 15) is 4.79 Å². The van der Waals surface area contributed by atoms with E-state index >= 15 is 0 Å². The highest BCUT2D eigenvalue weighted by molar-refractivity contribution is 5.90. The molecule has 0 heterocycles. The average Bonchev–Trinajstić information content (AvgIpc) is 2.96. The first kappa shape index (κ1) is 25.0. The van der Waals surface area contributed by atoms with Crippen molar-refractivity contribution in [2.75, 3.05) is 5.32 Å². The Balaban J connectivity index is 1.45. The summed E-state index contributed by atoms with van der Waals surface area (Å²) in [5.41, 5.74) is 7.89. The molecule has 38 heavy (non-hydrogen) atoms. The van der Waals surface area contributed by atoms with Crippen LogP contribution in [0.15, 0.2) is 140 Å². The Hall–Kier alpha value is -4.63. The standard InChI is InChI=1S/C35H32N2O/c38-35(37(26-30-18-9-3-10-19-30)27-31-20-11-4-12-21-31)36-34-23-13-22-32(24-28-14-5-1-6-15-28)33(34)25-29-16-7-2-8-17-29/h1-23H,24-27H2,(H,36,38). The van der Waals surface area contributed by atoms with Gasteiger partial charge in [-0.1, -0.05) is 133 Å². The van der Waals surface area contributed by atoms with Crippen LogP contribution in [0, 0.1) is 0 Å². The summed E-state index contributed by atoms with van der Waals surface area (Å²) in [4.78, 5) is 15.7. The Morgan fingerprint density at radius 3 is 1.45 bits per heavy atom. The zero-order valence-electron chi connectivity index (χ0n) is 21.5. The minimum Gasteiger partial charge on any atom is -0.316 e. The minimum atomic E-state index is -0.108. The van der Waals surface area contributed by atoms with Gasteiger partial charge in [0.1, 0.15) is 0 Å². The van der Waals surface area contributed by atoms with Crippen molar-refractivity contribution >= 4 is 11.7 Å². The van der Waals surface area contributed by atoms with Crippen LogP contribution >= 0.6 is 0 Å². The lowest BCUT2D eigenvalue weighted by atomic mass is 9.93. The normalized spacial score (nSPS) is 10.6. The van der Waals surface area contributed by atoms with Crippen LogP contribution in [0.25, 0.3) is 0 Å². The van der Waals surface area contributed by atoms with Crippen molar-refractivity contribution in [1.82, 2.24) is 4.90 Å². The molecule has 5 rings (SSSR count). The van der Waals surface area contributed by atoms with Crippen LogP contribution in [0.2, 0.25) is 0 Å². The molecule has 1 N–H and O–H groups in total. The smallest absolute Gasteiger partial charge is 0.316 e. The van der Waals surface area contributed by atoms with Crippen molar-refractivity contribution in [3.05, 3.63) is 173 Å². The van der Waals surface area contributed by atoms with E-state index in [1.54, 1.807) is 0 Å². The first-order chi connectivity index (χ1) is 18.7. The molecule has 0 radical (unpaired) electrons. The molecule has 2 amide bonds. The molecule has 188 valence electrons. The number of hydrogen-bond donors (Lipinski definition) is 1. The van der Waals surface area contributed by atoms with E-state index in [2.05, 4.69) is 84.2 Å². The molecule has 0 unspecified atom stereocenters. The molecule has 0 aromatic heterocycles. The fourth-order valence-electron chi connectivity index (χ4n) is 4.74. The summed E-state index contributed by atoms with van der Waals surface area (Å²) in [7, 11) is 0. The van der Waals surface area contributed by atoms with Crippen LogP contribution in [0.3, 0.4) is 0 Å². The van der Waals surface area contributed by atoms with Gasteiger partial charge in [0, 0.05) is 18.8 Å². The van der Waals surface area contributed by atoms with Gasteiger partial charge in [-0.15, -0.1) is 0 Å². The van der Waals surface area contributed by atoms with Crippen LogP contribution in [0.5, 0.6) is 0 Å². The molecule has 3 heteroatoms. The van der Waals surface area contributed by atoms with E-state index in [1.165, 1.54) is 16.7 Å². The highest BCUT2D eigenvalue weighted by atomic mass is 16.2. The molecule has 5 aromatic rings. The maximum Gasteiger partial charge on any atom is 0.322 e. The van der Waals surface area contributed by atoms with Gasteiger partial charge in [0.05, 0.1) is 0 Å². The van der Waals surface area contributed by atoms with Crippen molar-refractivity contribution in [2.45, 2.75) is 25.9 Å². The summed E-state index contributed by atoms with van der Waals surface area (Å²) in [6.07, 6.45) is 1.56. The van der Waals surface area contributed by atoms with Crippen molar-refractivity contribution < 1.29 is 4.79 Å². The average molecular weight is 497 g/mol. The summed E-state index contributed by atoms with van der Waals surface area (Å²) in [5, 5.41) is 3.28. The van der Waals surface area contributed by atoms with Gasteiger partial charge < -0.3 is 10.2 Å². The van der Waals surface area contributed by atoms with Gasteiger partial charge in [-0.25, -0.2) is 4.79 Å². The van der Waals surface area contributed by atoms with Crippen molar-refractivity contribution in [3.63, 3.8) is 0 Å². The molecule has 0 spiro atoms. The Morgan fingerprint density at radius 1 is 0.500 bits per heavy atom. The van der Waals surface area contributed by atoms with Gasteiger partial charge in [0.25, 0.3) is 0 Å². The number of nitrogens with one attached hydrogen (secondary N) is 1. The minimum absolute atomic E-state index is 0.108. The van der Waals surface area contributed by atoms with Crippen molar-refractivity contribution in [2.24, 2.45) is 0 Å². The lowest BCUT2D eigenvalue weighted by molar-refractivity contribution is 0.206. The monoisotopic (exact) mass is 496 g/mol. The van der Waals surface area contributed by atoms with E-state index in [1.807, 2.05) is 65.6 Å². The second-order valence-electron chi connectivity index (χ2n) is 9.53. The van der Waals surface area contributed by atoms with E-state index < -0.39 is 0 Å². The molecule has 0 atom stereocenters. The van der Waals surface area contributed by atoms with Crippen LogP contribution < -0.4 is 5.32 Å². The summed E-state index contributed by atoms with van der Waals surface area (Å²) in [6.45, 7) is 1.05. The molecule has 0 aliphatic rings. The Bertz CT molecular complexity index is 1390. The van der Waals surface area contributed by atoms with Crippen LogP contribution in [0.4, 0.5) is 10.5 Å². The molecular formula is C35H32N2O. The SMILES string of the molecule is O=C(Nc1cccc(Cc2ccccc2)c1Cc1ccccc1)N(Cc1ccccc1)Cc1ccccc1. The van der Waals surface area contributed by atoms with Crippen LogP contribution in [-0.4, -0.2) is 10.9 Å². The number of rotatable bonds is 9. The fraction of sp³-hybridized carbons (Fsp3) is 0.114. The second kappa shape index (κ2) is 12.6. The Morgan fingerprint density at radius 2 is 0.947 bits per heavy atom. The highest BCUT2D eigenvalue weighted by Crippen LogP contribution is 2.27. The third-order valence-electron chi connectivity index (χ3n) is 6.70. The van der Waals surface area contributed by atoms with Gasteiger partial charge >= 0.3 is 6.03 Å².